The normalized spacial score (nSPS) is 14.2. The molecule has 1 aromatic heterocycles. The first-order chi connectivity index (χ1) is 14.4. The van der Waals surface area contributed by atoms with Crippen LogP contribution in [0.2, 0.25) is 0 Å². The van der Waals surface area contributed by atoms with Crippen molar-refractivity contribution in [2.45, 2.75) is 44.4 Å². The third-order valence-corrected chi connectivity index (χ3v) is 8.14. The number of carbonyl (C=O) groups is 1. The number of hydrogen-bond donors (Lipinski definition) is 2. The number of rotatable bonds is 9. The Labute approximate surface area is 182 Å². The maximum absolute atomic E-state index is 13.2. The van der Waals surface area contributed by atoms with Crippen molar-refractivity contribution in [3.63, 3.8) is 0 Å². The molecular weight excluding hydrogens is 420 g/mol. The van der Waals surface area contributed by atoms with Gasteiger partial charge in [0.15, 0.2) is 0 Å². The number of nitrogens with zero attached hydrogens (tertiary/aromatic N) is 1. The molecule has 8 heteroatoms. The summed E-state index contributed by atoms with van der Waals surface area (Å²) in [5.41, 5.74) is 1.46. The van der Waals surface area contributed by atoms with Gasteiger partial charge in [-0.25, -0.2) is 13.2 Å². The summed E-state index contributed by atoms with van der Waals surface area (Å²) >= 11 is 1.25. The van der Waals surface area contributed by atoms with E-state index in [-0.39, 0.29) is 15.5 Å². The minimum absolute atomic E-state index is 0.104. The standard InChI is InChI=1S/C22H28N2O4S2/c1-3-24(4-2)15-9-11-16-10-5-8-14-19(16)30(27,28)23-21-20(22(25)26)17-12-6-7-13-18(17)29-21/h5,8-11,14,23H,3-4,6-7,12-13,15H2,1-2H3,(H,25,26)/b11-9+. The molecule has 162 valence electrons. The van der Waals surface area contributed by atoms with E-state index >= 15 is 0 Å². The van der Waals surface area contributed by atoms with Gasteiger partial charge in [-0.3, -0.25) is 4.72 Å². The summed E-state index contributed by atoms with van der Waals surface area (Å²) in [6, 6.07) is 6.77. The number of sulfonamides is 1. The van der Waals surface area contributed by atoms with Crippen LogP contribution < -0.4 is 4.72 Å². The molecule has 3 rings (SSSR count). The first-order valence-corrected chi connectivity index (χ1v) is 12.6. The minimum atomic E-state index is -3.93. The number of aryl methyl sites for hydroxylation is 1. The Morgan fingerprint density at radius 2 is 1.90 bits per heavy atom. The van der Waals surface area contributed by atoms with Gasteiger partial charge in [-0.05, 0) is 56.0 Å². The maximum Gasteiger partial charge on any atom is 0.339 e. The van der Waals surface area contributed by atoms with Crippen LogP contribution >= 0.6 is 11.3 Å². The number of carboxylic acid groups (broad SMARTS) is 1. The largest absolute Gasteiger partial charge is 0.478 e. The third kappa shape index (κ3) is 4.94. The van der Waals surface area contributed by atoms with Crippen molar-refractivity contribution >= 4 is 38.4 Å². The summed E-state index contributed by atoms with van der Waals surface area (Å²) in [4.78, 5) is 15.2. The second-order valence-electron chi connectivity index (χ2n) is 7.25. The van der Waals surface area contributed by atoms with Gasteiger partial charge in [-0.1, -0.05) is 44.2 Å². The highest BCUT2D eigenvalue weighted by Gasteiger charge is 2.28. The van der Waals surface area contributed by atoms with Gasteiger partial charge in [0, 0.05) is 11.4 Å². The number of thiophene rings is 1. The molecule has 0 aliphatic heterocycles. The highest BCUT2D eigenvalue weighted by Crippen LogP contribution is 2.39. The molecule has 1 aromatic carbocycles. The molecule has 0 amide bonds. The Balaban J connectivity index is 1.91. The van der Waals surface area contributed by atoms with Crippen molar-refractivity contribution < 1.29 is 18.3 Å². The molecule has 30 heavy (non-hydrogen) atoms. The fourth-order valence-corrected chi connectivity index (χ4v) is 6.50. The van der Waals surface area contributed by atoms with Gasteiger partial charge in [0.2, 0.25) is 0 Å². The van der Waals surface area contributed by atoms with Crippen LogP contribution in [0.1, 0.15) is 53.1 Å². The fourth-order valence-electron chi connectivity index (χ4n) is 3.71. The van der Waals surface area contributed by atoms with Crippen LogP contribution in [0.3, 0.4) is 0 Å². The van der Waals surface area contributed by atoms with E-state index in [1.807, 2.05) is 12.2 Å². The topological polar surface area (TPSA) is 86.7 Å². The smallest absolute Gasteiger partial charge is 0.339 e. The summed E-state index contributed by atoms with van der Waals surface area (Å²) in [6.07, 6.45) is 7.17. The molecule has 0 fully saturated rings. The first kappa shape index (κ1) is 22.5. The number of carboxylic acids is 1. The Hall–Kier alpha value is -2.16. The van der Waals surface area contributed by atoms with Crippen molar-refractivity contribution in [1.82, 2.24) is 4.90 Å². The molecule has 2 N–H and O–H groups in total. The molecule has 1 aliphatic carbocycles. The van der Waals surface area contributed by atoms with Crippen LogP contribution in [0.5, 0.6) is 0 Å². The van der Waals surface area contributed by atoms with E-state index < -0.39 is 16.0 Å². The molecule has 0 saturated carbocycles. The van der Waals surface area contributed by atoms with Crippen molar-refractivity contribution in [2.24, 2.45) is 0 Å². The summed E-state index contributed by atoms with van der Waals surface area (Å²) in [5.74, 6) is -1.08. The average Bonchev–Trinajstić information content (AvgIpc) is 3.08. The van der Waals surface area contributed by atoms with Crippen LogP contribution in [0.15, 0.2) is 35.2 Å². The number of benzene rings is 1. The second-order valence-corrected chi connectivity index (χ2v) is 10.0. The number of aromatic carboxylic acids is 1. The molecule has 0 bridgehead atoms. The first-order valence-electron chi connectivity index (χ1n) is 10.3. The molecule has 1 heterocycles. The van der Waals surface area contributed by atoms with Gasteiger partial charge in [-0.2, -0.15) is 0 Å². The number of hydrogen-bond acceptors (Lipinski definition) is 5. The monoisotopic (exact) mass is 448 g/mol. The van der Waals surface area contributed by atoms with Crippen LogP contribution in [-0.2, 0) is 22.9 Å². The zero-order valence-electron chi connectivity index (χ0n) is 17.3. The molecule has 0 spiro atoms. The van der Waals surface area contributed by atoms with Crippen LogP contribution in [0.4, 0.5) is 5.00 Å². The predicted octanol–water partition coefficient (Wildman–Crippen LogP) is 4.48. The van der Waals surface area contributed by atoms with Crippen LogP contribution in [0.25, 0.3) is 6.08 Å². The lowest BCUT2D eigenvalue weighted by atomic mass is 9.96. The Morgan fingerprint density at radius 3 is 2.60 bits per heavy atom. The Bertz CT molecular complexity index is 1040. The van der Waals surface area contributed by atoms with Crippen molar-refractivity contribution in [2.75, 3.05) is 24.4 Å². The second kappa shape index (κ2) is 9.76. The number of likely N-dealkylation sites (N-methyl/N-ethyl adjacent to an activating group) is 1. The summed E-state index contributed by atoms with van der Waals surface area (Å²) in [6.45, 7) is 6.74. The molecule has 0 saturated heterocycles. The number of anilines is 1. The quantitative estimate of drug-likeness (QED) is 0.591. The Morgan fingerprint density at radius 1 is 1.20 bits per heavy atom. The van der Waals surface area contributed by atoms with Crippen molar-refractivity contribution in [1.29, 1.82) is 0 Å². The maximum atomic E-state index is 13.2. The van der Waals surface area contributed by atoms with E-state index in [2.05, 4.69) is 23.5 Å². The summed E-state index contributed by atoms with van der Waals surface area (Å²) in [5, 5.41) is 9.91. The van der Waals surface area contributed by atoms with Crippen LogP contribution in [0, 0.1) is 0 Å². The van der Waals surface area contributed by atoms with E-state index in [4.69, 9.17) is 0 Å². The summed E-state index contributed by atoms with van der Waals surface area (Å²) in [7, 11) is -3.93. The minimum Gasteiger partial charge on any atom is -0.478 e. The number of nitrogens with one attached hydrogen (secondary N) is 1. The van der Waals surface area contributed by atoms with Gasteiger partial charge in [-0.15, -0.1) is 11.3 Å². The van der Waals surface area contributed by atoms with Crippen molar-refractivity contribution in [3.05, 3.63) is 51.9 Å². The molecule has 0 atom stereocenters. The summed E-state index contributed by atoms with van der Waals surface area (Å²) < 4.78 is 28.9. The molecule has 2 aromatic rings. The fraction of sp³-hybridized carbons (Fsp3) is 0.409. The van der Waals surface area contributed by atoms with E-state index in [1.165, 1.54) is 11.3 Å². The molecule has 6 nitrogen and oxygen atoms in total. The van der Waals surface area contributed by atoms with Gasteiger partial charge in [0.05, 0.1) is 10.5 Å². The zero-order chi connectivity index (χ0) is 21.7. The van der Waals surface area contributed by atoms with E-state index in [9.17, 15) is 18.3 Å². The van der Waals surface area contributed by atoms with E-state index in [0.29, 0.717) is 12.0 Å². The van der Waals surface area contributed by atoms with Gasteiger partial charge in [0.25, 0.3) is 10.0 Å². The van der Waals surface area contributed by atoms with Crippen molar-refractivity contribution in [3.8, 4) is 0 Å². The molecular formula is C22H28N2O4S2. The lowest BCUT2D eigenvalue weighted by Gasteiger charge is -2.15. The SMILES string of the molecule is CCN(CC)C/C=C/c1ccccc1S(=O)(=O)Nc1sc2c(c1C(=O)O)CCCC2. The van der Waals surface area contributed by atoms with E-state index in [1.54, 1.807) is 24.3 Å². The highest BCUT2D eigenvalue weighted by molar-refractivity contribution is 7.93. The third-order valence-electron chi connectivity index (χ3n) is 5.38. The zero-order valence-corrected chi connectivity index (χ0v) is 19.0. The van der Waals surface area contributed by atoms with Gasteiger partial charge in [0.1, 0.15) is 5.00 Å². The van der Waals surface area contributed by atoms with Gasteiger partial charge >= 0.3 is 5.97 Å². The lowest BCUT2D eigenvalue weighted by molar-refractivity contribution is 0.0697. The van der Waals surface area contributed by atoms with Gasteiger partial charge < -0.3 is 10.0 Å². The average molecular weight is 449 g/mol. The van der Waals surface area contributed by atoms with E-state index in [0.717, 1.165) is 49.3 Å². The molecule has 1 aliphatic rings. The highest BCUT2D eigenvalue weighted by atomic mass is 32.2. The van der Waals surface area contributed by atoms with Crippen LogP contribution in [-0.4, -0.2) is 44.0 Å². The molecule has 0 radical (unpaired) electrons. The molecule has 0 unspecified atom stereocenters. The Kier molecular flexibility index (Phi) is 7.33. The lowest BCUT2D eigenvalue weighted by Crippen LogP contribution is -2.22. The number of fused-ring (bicyclic) bond motifs is 1. The predicted molar refractivity (Wildman–Crippen MR) is 122 cm³/mol.